The van der Waals surface area contributed by atoms with Crippen LogP contribution in [0.5, 0.6) is 0 Å². The number of Topliss-reactive ketones (excluding diaryl/α,β-unsaturated/α-hetero) is 1. The number of alkyl halides is 2. The number of ketones is 1. The molecule has 1 nitrogen and oxygen atoms in total. The maximum absolute atomic E-state index is 11.2. The van der Waals surface area contributed by atoms with Gasteiger partial charge in [0.1, 0.15) is 5.78 Å². The zero-order valence-electron chi connectivity index (χ0n) is 8.18. The van der Waals surface area contributed by atoms with E-state index in [9.17, 15) is 4.79 Å². The van der Waals surface area contributed by atoms with Crippen molar-refractivity contribution in [2.45, 2.75) is 24.6 Å². The van der Waals surface area contributed by atoms with Crippen molar-refractivity contribution in [2.75, 3.05) is 0 Å². The molecular weight excluding hydrogens is 263 g/mol. The summed E-state index contributed by atoms with van der Waals surface area (Å²) in [6.07, 6.45) is 0. The molecule has 3 heteroatoms. The van der Waals surface area contributed by atoms with Crippen LogP contribution in [0.1, 0.15) is 28.4 Å². The Morgan fingerprint density at radius 3 is 2.71 bits per heavy atom. The summed E-state index contributed by atoms with van der Waals surface area (Å²) in [4.78, 5) is 11.0. The van der Waals surface area contributed by atoms with Gasteiger partial charge in [-0.15, -0.1) is 11.6 Å². The van der Waals surface area contributed by atoms with Gasteiger partial charge in [-0.2, -0.15) is 0 Å². The number of rotatable bonds is 3. The van der Waals surface area contributed by atoms with Gasteiger partial charge in [0.05, 0.1) is 4.83 Å². The van der Waals surface area contributed by atoms with Crippen LogP contribution in [0, 0.1) is 6.92 Å². The highest BCUT2D eigenvalue weighted by molar-refractivity contribution is 9.09. The molecule has 0 bridgehead atoms. The molecule has 14 heavy (non-hydrogen) atoms. The molecule has 0 aliphatic heterocycles. The molecule has 0 amide bonds. The van der Waals surface area contributed by atoms with E-state index in [2.05, 4.69) is 15.9 Å². The van der Waals surface area contributed by atoms with E-state index in [-0.39, 0.29) is 10.6 Å². The largest absolute Gasteiger partial charge is 0.298 e. The second-order valence-corrected chi connectivity index (χ2v) is 4.48. The quantitative estimate of drug-likeness (QED) is 0.768. The Morgan fingerprint density at radius 2 is 2.21 bits per heavy atom. The number of carbonyl (C=O) groups is 1. The zero-order valence-corrected chi connectivity index (χ0v) is 10.5. The van der Waals surface area contributed by atoms with Gasteiger partial charge in [-0.1, -0.05) is 34.1 Å². The molecule has 1 rings (SSSR count). The predicted octanol–water partition coefficient (Wildman–Crippen LogP) is 3.76. The Morgan fingerprint density at radius 1 is 1.57 bits per heavy atom. The van der Waals surface area contributed by atoms with Gasteiger partial charge in [0, 0.05) is 5.88 Å². The Hall–Kier alpha value is -0.340. The van der Waals surface area contributed by atoms with Gasteiger partial charge in [-0.05, 0) is 30.5 Å². The van der Waals surface area contributed by atoms with Gasteiger partial charge < -0.3 is 0 Å². The average molecular weight is 276 g/mol. The molecule has 0 spiro atoms. The minimum absolute atomic E-state index is 0.111. The summed E-state index contributed by atoms with van der Waals surface area (Å²) in [6.45, 7) is 3.57. The molecule has 0 aromatic heterocycles. The van der Waals surface area contributed by atoms with Crippen LogP contribution in [0.4, 0.5) is 0 Å². The molecule has 0 saturated heterocycles. The van der Waals surface area contributed by atoms with Crippen LogP contribution >= 0.6 is 27.5 Å². The van der Waals surface area contributed by atoms with E-state index in [1.165, 1.54) is 0 Å². The molecule has 1 aromatic rings. The van der Waals surface area contributed by atoms with Crippen LogP contribution in [0.25, 0.3) is 0 Å². The van der Waals surface area contributed by atoms with Crippen molar-refractivity contribution < 1.29 is 4.79 Å². The summed E-state index contributed by atoms with van der Waals surface area (Å²) in [5.41, 5.74) is 3.16. The number of halogens is 2. The predicted molar refractivity (Wildman–Crippen MR) is 63.1 cm³/mol. The second-order valence-electron chi connectivity index (χ2n) is 3.30. The van der Waals surface area contributed by atoms with Crippen molar-refractivity contribution in [2.24, 2.45) is 0 Å². The SMILES string of the molecule is CC(=O)C(Br)c1cc(CCl)ccc1C. The van der Waals surface area contributed by atoms with E-state index in [1.54, 1.807) is 6.92 Å². The Labute approximate surface area is 97.6 Å². The Kier molecular flexibility index (Phi) is 4.14. The van der Waals surface area contributed by atoms with Crippen molar-refractivity contribution in [3.8, 4) is 0 Å². The fraction of sp³-hybridized carbons (Fsp3) is 0.364. The topological polar surface area (TPSA) is 17.1 Å². The van der Waals surface area contributed by atoms with Crippen LogP contribution in [-0.4, -0.2) is 5.78 Å². The van der Waals surface area contributed by atoms with Crippen molar-refractivity contribution in [1.29, 1.82) is 0 Å². The molecule has 0 fully saturated rings. The van der Waals surface area contributed by atoms with Crippen molar-refractivity contribution in [3.05, 3.63) is 34.9 Å². The summed E-state index contributed by atoms with van der Waals surface area (Å²) < 4.78 is 0. The highest BCUT2D eigenvalue weighted by Crippen LogP contribution is 2.27. The lowest BCUT2D eigenvalue weighted by Gasteiger charge is -2.11. The molecule has 76 valence electrons. The first-order valence-corrected chi connectivity index (χ1v) is 5.81. The lowest BCUT2D eigenvalue weighted by molar-refractivity contribution is -0.116. The molecule has 0 saturated carbocycles. The van der Waals surface area contributed by atoms with E-state index >= 15 is 0 Å². The highest BCUT2D eigenvalue weighted by atomic mass is 79.9. The monoisotopic (exact) mass is 274 g/mol. The average Bonchev–Trinajstić information content (AvgIpc) is 2.17. The van der Waals surface area contributed by atoms with Crippen LogP contribution in [0.2, 0.25) is 0 Å². The van der Waals surface area contributed by atoms with E-state index in [0.717, 1.165) is 16.7 Å². The lowest BCUT2D eigenvalue weighted by atomic mass is 10.0. The second kappa shape index (κ2) is 4.94. The van der Waals surface area contributed by atoms with E-state index in [1.807, 2.05) is 25.1 Å². The number of hydrogen-bond donors (Lipinski definition) is 0. The van der Waals surface area contributed by atoms with E-state index < -0.39 is 0 Å². The number of carbonyl (C=O) groups excluding carboxylic acids is 1. The zero-order chi connectivity index (χ0) is 10.7. The lowest BCUT2D eigenvalue weighted by Crippen LogP contribution is -2.03. The normalized spacial score (nSPS) is 12.6. The van der Waals surface area contributed by atoms with Gasteiger partial charge in [0.2, 0.25) is 0 Å². The summed E-state index contributed by atoms with van der Waals surface area (Å²) in [7, 11) is 0. The Balaban J connectivity index is 3.11. The van der Waals surface area contributed by atoms with Crippen LogP contribution < -0.4 is 0 Å². The van der Waals surface area contributed by atoms with Crippen molar-refractivity contribution >= 4 is 33.3 Å². The maximum atomic E-state index is 11.2. The van der Waals surface area contributed by atoms with Gasteiger partial charge in [-0.3, -0.25) is 4.79 Å². The smallest absolute Gasteiger partial charge is 0.147 e. The minimum Gasteiger partial charge on any atom is -0.298 e. The van der Waals surface area contributed by atoms with Gasteiger partial charge >= 0.3 is 0 Å². The van der Waals surface area contributed by atoms with Gasteiger partial charge in [-0.25, -0.2) is 0 Å². The van der Waals surface area contributed by atoms with E-state index in [4.69, 9.17) is 11.6 Å². The number of benzene rings is 1. The first-order valence-electron chi connectivity index (χ1n) is 4.36. The number of hydrogen-bond acceptors (Lipinski definition) is 1. The van der Waals surface area contributed by atoms with Gasteiger partial charge in [0.15, 0.2) is 0 Å². The third kappa shape index (κ3) is 2.58. The van der Waals surface area contributed by atoms with Crippen LogP contribution in [0.15, 0.2) is 18.2 Å². The van der Waals surface area contributed by atoms with Crippen molar-refractivity contribution in [1.82, 2.24) is 0 Å². The third-order valence-corrected chi connectivity index (χ3v) is 3.57. The molecule has 0 aliphatic rings. The van der Waals surface area contributed by atoms with E-state index in [0.29, 0.717) is 5.88 Å². The van der Waals surface area contributed by atoms with Gasteiger partial charge in [0.25, 0.3) is 0 Å². The molecule has 0 radical (unpaired) electrons. The Bertz CT molecular complexity index is 349. The molecule has 1 atom stereocenters. The summed E-state index contributed by atoms with van der Waals surface area (Å²) in [5, 5.41) is 0. The maximum Gasteiger partial charge on any atom is 0.147 e. The first-order chi connectivity index (χ1) is 6.56. The summed E-state index contributed by atoms with van der Waals surface area (Å²) in [5.74, 6) is 0.588. The summed E-state index contributed by atoms with van der Waals surface area (Å²) in [6, 6.07) is 5.94. The third-order valence-electron chi connectivity index (χ3n) is 2.13. The van der Waals surface area contributed by atoms with Crippen LogP contribution in [0.3, 0.4) is 0 Å². The highest BCUT2D eigenvalue weighted by Gasteiger charge is 2.14. The molecule has 1 unspecified atom stereocenters. The standard InChI is InChI=1S/C11H12BrClO/c1-7-3-4-9(6-13)5-10(7)11(12)8(2)14/h3-5,11H,6H2,1-2H3. The molecule has 1 aromatic carbocycles. The molecule has 0 aliphatic carbocycles. The molecule has 0 heterocycles. The fourth-order valence-electron chi connectivity index (χ4n) is 1.27. The van der Waals surface area contributed by atoms with Crippen LogP contribution in [-0.2, 0) is 10.7 Å². The molecule has 0 N–H and O–H groups in total. The molecular formula is C11H12BrClO. The minimum atomic E-state index is -0.217. The first kappa shape index (κ1) is 11.7. The summed E-state index contributed by atoms with van der Waals surface area (Å²) >= 11 is 9.11. The number of aryl methyl sites for hydroxylation is 1. The fourth-order valence-corrected chi connectivity index (χ4v) is 1.92. The van der Waals surface area contributed by atoms with Crippen molar-refractivity contribution in [3.63, 3.8) is 0 Å².